The third kappa shape index (κ3) is 3.24. The third-order valence-corrected chi connectivity index (χ3v) is 2.62. The molecule has 5 nitrogen and oxygen atoms in total. The minimum atomic E-state index is -0.153. The molecule has 1 aromatic carbocycles. The lowest BCUT2D eigenvalue weighted by atomic mass is 10.2. The predicted molar refractivity (Wildman–Crippen MR) is 71.7 cm³/mol. The number of aromatic nitrogens is 2. The Labute approximate surface area is 110 Å². The smallest absolute Gasteiger partial charge is 0.221 e. The van der Waals surface area contributed by atoms with Gasteiger partial charge in [0.05, 0.1) is 17.3 Å². The van der Waals surface area contributed by atoms with E-state index in [1.54, 1.807) is 24.5 Å². The summed E-state index contributed by atoms with van der Waals surface area (Å²) in [6.45, 7) is 2.02. The molecule has 0 aliphatic rings. The van der Waals surface area contributed by atoms with Crippen molar-refractivity contribution in [2.45, 2.75) is 13.5 Å². The number of hydrogen-bond acceptors (Lipinski definition) is 3. The van der Waals surface area contributed by atoms with Gasteiger partial charge in [0.25, 0.3) is 0 Å². The Kier molecular flexibility index (Phi) is 3.84. The van der Waals surface area contributed by atoms with Crippen LogP contribution in [0.4, 0.5) is 11.4 Å². The zero-order valence-corrected chi connectivity index (χ0v) is 10.6. The maximum atomic E-state index is 11.0. The van der Waals surface area contributed by atoms with E-state index in [0.717, 1.165) is 11.5 Å². The first kappa shape index (κ1) is 12.4. The maximum Gasteiger partial charge on any atom is 0.221 e. The van der Waals surface area contributed by atoms with Crippen molar-refractivity contribution in [3.63, 3.8) is 0 Å². The molecule has 6 heteroatoms. The summed E-state index contributed by atoms with van der Waals surface area (Å²) in [7, 11) is 0. The van der Waals surface area contributed by atoms with Crippen molar-refractivity contribution in [2.24, 2.45) is 0 Å². The van der Waals surface area contributed by atoms with E-state index in [1.165, 1.54) is 6.92 Å². The molecular formula is C12H13ClN4O. The molecule has 94 valence electrons. The summed E-state index contributed by atoms with van der Waals surface area (Å²) >= 11 is 5.98. The highest BCUT2D eigenvalue weighted by atomic mass is 35.5. The van der Waals surface area contributed by atoms with Crippen LogP contribution >= 0.6 is 11.6 Å². The minimum absolute atomic E-state index is 0.153. The Balaban J connectivity index is 2.06. The molecular weight excluding hydrogens is 252 g/mol. The van der Waals surface area contributed by atoms with Gasteiger partial charge in [0.1, 0.15) is 5.82 Å². The largest absolute Gasteiger partial charge is 0.378 e. The van der Waals surface area contributed by atoms with Gasteiger partial charge in [-0.15, -0.1) is 0 Å². The predicted octanol–water partition coefficient (Wildman–Crippen LogP) is 2.63. The van der Waals surface area contributed by atoms with Crippen molar-refractivity contribution < 1.29 is 4.79 Å². The van der Waals surface area contributed by atoms with Crippen molar-refractivity contribution in [2.75, 3.05) is 10.6 Å². The van der Waals surface area contributed by atoms with Crippen LogP contribution in [0.15, 0.2) is 30.6 Å². The molecule has 0 saturated carbocycles. The Bertz CT molecular complexity index is 539. The van der Waals surface area contributed by atoms with E-state index in [4.69, 9.17) is 11.6 Å². The average Bonchev–Trinajstić information content (AvgIpc) is 2.82. The van der Waals surface area contributed by atoms with E-state index in [1.807, 2.05) is 6.07 Å². The number of carbonyl (C=O) groups excluding carboxylic acids is 1. The van der Waals surface area contributed by atoms with E-state index in [-0.39, 0.29) is 5.91 Å². The molecule has 1 amide bonds. The second-order valence-corrected chi connectivity index (χ2v) is 4.17. The number of halogens is 1. The molecule has 0 atom stereocenters. The Hall–Kier alpha value is -2.01. The number of hydrogen-bond donors (Lipinski definition) is 3. The molecule has 0 saturated heterocycles. The lowest BCUT2D eigenvalue weighted by molar-refractivity contribution is -0.114. The Morgan fingerprint density at radius 3 is 3.00 bits per heavy atom. The second kappa shape index (κ2) is 5.55. The lowest BCUT2D eigenvalue weighted by Crippen LogP contribution is -2.07. The molecule has 0 unspecified atom stereocenters. The highest BCUT2D eigenvalue weighted by molar-refractivity contribution is 6.33. The molecule has 2 aromatic rings. The number of carbonyl (C=O) groups is 1. The first-order chi connectivity index (χ1) is 8.65. The number of benzene rings is 1. The van der Waals surface area contributed by atoms with Crippen LogP contribution in [0.25, 0.3) is 0 Å². The molecule has 0 aliphatic carbocycles. The van der Waals surface area contributed by atoms with Gasteiger partial charge in [-0.2, -0.15) is 0 Å². The van der Waals surface area contributed by atoms with Gasteiger partial charge in [-0.05, 0) is 18.2 Å². The highest BCUT2D eigenvalue weighted by Crippen LogP contribution is 2.25. The van der Waals surface area contributed by atoms with Gasteiger partial charge in [-0.3, -0.25) is 4.79 Å². The number of anilines is 2. The summed E-state index contributed by atoms with van der Waals surface area (Å²) in [6.07, 6.45) is 3.46. The van der Waals surface area contributed by atoms with E-state index < -0.39 is 0 Å². The summed E-state index contributed by atoms with van der Waals surface area (Å²) in [5, 5.41) is 6.36. The highest BCUT2D eigenvalue weighted by Gasteiger charge is 2.04. The van der Waals surface area contributed by atoms with E-state index >= 15 is 0 Å². The van der Waals surface area contributed by atoms with Crippen LogP contribution in [0, 0.1) is 0 Å². The van der Waals surface area contributed by atoms with Crippen molar-refractivity contribution in [3.8, 4) is 0 Å². The van der Waals surface area contributed by atoms with Gasteiger partial charge in [0.2, 0.25) is 5.91 Å². The van der Waals surface area contributed by atoms with Gasteiger partial charge in [0, 0.05) is 25.0 Å². The van der Waals surface area contributed by atoms with E-state index in [2.05, 4.69) is 20.6 Å². The quantitative estimate of drug-likeness (QED) is 0.795. The van der Waals surface area contributed by atoms with Crippen LogP contribution < -0.4 is 10.6 Å². The van der Waals surface area contributed by atoms with Gasteiger partial charge in [0.15, 0.2) is 0 Å². The summed E-state index contributed by atoms with van der Waals surface area (Å²) in [6, 6.07) is 5.36. The molecule has 1 aromatic heterocycles. The number of nitrogens with one attached hydrogen (secondary N) is 3. The zero-order valence-electron chi connectivity index (χ0n) is 9.83. The molecule has 0 fully saturated rings. The van der Waals surface area contributed by atoms with Crippen LogP contribution in [0.5, 0.6) is 0 Å². The normalized spacial score (nSPS) is 10.1. The first-order valence-corrected chi connectivity index (χ1v) is 5.82. The third-order valence-electron chi connectivity index (χ3n) is 2.29. The monoisotopic (exact) mass is 264 g/mol. The van der Waals surface area contributed by atoms with Crippen molar-refractivity contribution in [1.29, 1.82) is 0 Å². The molecule has 0 aliphatic heterocycles. The van der Waals surface area contributed by atoms with Crippen LogP contribution in [-0.2, 0) is 11.3 Å². The molecule has 18 heavy (non-hydrogen) atoms. The van der Waals surface area contributed by atoms with Crippen LogP contribution in [-0.4, -0.2) is 15.9 Å². The Morgan fingerprint density at radius 2 is 2.33 bits per heavy atom. The number of imidazole rings is 1. The minimum Gasteiger partial charge on any atom is -0.378 e. The standard InChI is InChI=1S/C12H13ClN4O/c1-8(18)17-11-6-9(2-3-10(11)13)16-7-12-14-4-5-15-12/h2-6,16H,7H2,1H3,(H,14,15)(H,17,18). The lowest BCUT2D eigenvalue weighted by Gasteiger charge is -2.09. The van der Waals surface area contributed by atoms with Gasteiger partial charge in [-0.25, -0.2) is 4.98 Å². The van der Waals surface area contributed by atoms with Crippen molar-refractivity contribution in [3.05, 3.63) is 41.4 Å². The number of rotatable bonds is 4. The summed E-state index contributed by atoms with van der Waals surface area (Å²) < 4.78 is 0. The van der Waals surface area contributed by atoms with Crippen LogP contribution in [0.3, 0.4) is 0 Å². The molecule has 0 spiro atoms. The summed E-state index contributed by atoms with van der Waals surface area (Å²) in [4.78, 5) is 18.1. The van der Waals surface area contributed by atoms with Crippen LogP contribution in [0.1, 0.15) is 12.7 Å². The van der Waals surface area contributed by atoms with Gasteiger partial charge < -0.3 is 15.6 Å². The Morgan fingerprint density at radius 1 is 1.50 bits per heavy atom. The van der Waals surface area contributed by atoms with Crippen molar-refractivity contribution in [1.82, 2.24) is 9.97 Å². The SMILES string of the molecule is CC(=O)Nc1cc(NCc2ncc[nH]2)ccc1Cl. The van der Waals surface area contributed by atoms with Gasteiger partial charge in [-0.1, -0.05) is 11.6 Å². The molecule has 0 radical (unpaired) electrons. The summed E-state index contributed by atoms with van der Waals surface area (Å²) in [5.41, 5.74) is 1.45. The summed E-state index contributed by atoms with van der Waals surface area (Å²) in [5.74, 6) is 0.686. The molecule has 1 heterocycles. The second-order valence-electron chi connectivity index (χ2n) is 3.77. The fourth-order valence-electron chi connectivity index (χ4n) is 1.50. The van der Waals surface area contributed by atoms with Crippen molar-refractivity contribution >= 4 is 28.9 Å². The molecule has 0 bridgehead atoms. The molecule has 2 rings (SSSR count). The number of H-pyrrole nitrogens is 1. The van der Waals surface area contributed by atoms with Gasteiger partial charge >= 0.3 is 0 Å². The first-order valence-electron chi connectivity index (χ1n) is 5.44. The fourth-order valence-corrected chi connectivity index (χ4v) is 1.67. The topological polar surface area (TPSA) is 69.8 Å². The number of nitrogens with zero attached hydrogens (tertiary/aromatic N) is 1. The molecule has 3 N–H and O–H groups in total. The van der Waals surface area contributed by atoms with E-state index in [0.29, 0.717) is 17.3 Å². The average molecular weight is 265 g/mol. The van der Waals surface area contributed by atoms with Crippen LogP contribution in [0.2, 0.25) is 5.02 Å². The fraction of sp³-hybridized carbons (Fsp3) is 0.167. The zero-order chi connectivity index (χ0) is 13.0. The maximum absolute atomic E-state index is 11.0. The number of aromatic amines is 1. The number of amides is 1. The van der Waals surface area contributed by atoms with E-state index in [9.17, 15) is 4.79 Å².